The van der Waals surface area contributed by atoms with E-state index in [9.17, 15) is 4.79 Å². The lowest BCUT2D eigenvalue weighted by molar-refractivity contribution is -0.136. The van der Waals surface area contributed by atoms with E-state index in [2.05, 4.69) is 13.8 Å². The van der Waals surface area contributed by atoms with Crippen molar-refractivity contribution < 1.29 is 4.79 Å². The largest absolute Gasteiger partial charge is 0.299 e. The Bertz CT molecular complexity index is 114. The fraction of sp³-hybridized carbons (Fsp3) is 0.857. The summed E-state index contributed by atoms with van der Waals surface area (Å²) in [7, 11) is 0. The summed E-state index contributed by atoms with van der Waals surface area (Å²) >= 11 is 0. The van der Waals surface area contributed by atoms with Crippen molar-refractivity contribution in [3.8, 4) is 0 Å². The minimum Gasteiger partial charge on any atom is -0.299 e. The number of carbonyl (C=O) groups is 1. The van der Waals surface area contributed by atoms with Crippen LogP contribution < -0.4 is 0 Å². The number of hydrogen-bond acceptors (Lipinski definition) is 1. The highest BCUT2D eigenvalue weighted by Crippen LogP contribution is 2.39. The van der Waals surface area contributed by atoms with Crippen molar-refractivity contribution in [2.75, 3.05) is 0 Å². The molecule has 0 spiro atoms. The molecule has 1 rings (SSSR count). The van der Waals surface area contributed by atoms with E-state index in [0.717, 1.165) is 19.3 Å². The van der Waals surface area contributed by atoms with Gasteiger partial charge in [0.25, 0.3) is 0 Å². The first-order valence-electron chi connectivity index (χ1n) is 3.22. The lowest BCUT2D eigenvalue weighted by Gasteiger charge is -2.35. The molecule has 0 N–H and O–H groups in total. The van der Waals surface area contributed by atoms with Gasteiger partial charge >= 0.3 is 0 Å². The molecular formula is C7H12O. The van der Waals surface area contributed by atoms with Crippen LogP contribution in [-0.2, 0) is 4.79 Å². The number of Topliss-reactive ketones (excluding diaryl/α,β-unsaturated/α-hetero) is 1. The van der Waals surface area contributed by atoms with Gasteiger partial charge in [0, 0.05) is 11.8 Å². The molecular weight excluding hydrogens is 100 g/mol. The van der Waals surface area contributed by atoms with Crippen LogP contribution in [0.5, 0.6) is 0 Å². The van der Waals surface area contributed by atoms with Crippen LogP contribution in [0.4, 0.5) is 0 Å². The fourth-order valence-corrected chi connectivity index (χ4v) is 1.03. The SMILES string of the molecule is CC[C@@]1(C)CCC1=O. The first kappa shape index (κ1) is 5.80. The highest BCUT2D eigenvalue weighted by atomic mass is 16.1. The van der Waals surface area contributed by atoms with Crippen molar-refractivity contribution in [1.29, 1.82) is 0 Å². The summed E-state index contributed by atoms with van der Waals surface area (Å²) in [6.45, 7) is 4.13. The molecule has 46 valence electrons. The van der Waals surface area contributed by atoms with Gasteiger partial charge in [0.15, 0.2) is 0 Å². The maximum absolute atomic E-state index is 10.8. The standard InChI is InChI=1S/C7H12O/c1-3-7(2)5-4-6(7)8/h3-5H2,1-2H3/t7-/m0/s1. The van der Waals surface area contributed by atoms with Gasteiger partial charge in [-0.3, -0.25) is 4.79 Å². The van der Waals surface area contributed by atoms with Crippen LogP contribution in [0.2, 0.25) is 0 Å². The van der Waals surface area contributed by atoms with Crippen LogP contribution in [0.25, 0.3) is 0 Å². The van der Waals surface area contributed by atoms with E-state index >= 15 is 0 Å². The van der Waals surface area contributed by atoms with Crippen molar-refractivity contribution >= 4 is 5.78 Å². The van der Waals surface area contributed by atoms with Gasteiger partial charge in [0.1, 0.15) is 5.78 Å². The lowest BCUT2D eigenvalue weighted by Crippen LogP contribution is -2.36. The zero-order valence-corrected chi connectivity index (χ0v) is 5.53. The lowest BCUT2D eigenvalue weighted by atomic mass is 9.67. The minimum atomic E-state index is 0.0833. The Labute approximate surface area is 50.1 Å². The zero-order valence-electron chi connectivity index (χ0n) is 5.53. The van der Waals surface area contributed by atoms with Crippen LogP contribution in [0, 0.1) is 5.41 Å². The third kappa shape index (κ3) is 0.575. The maximum Gasteiger partial charge on any atom is 0.138 e. The molecule has 1 fully saturated rings. The molecule has 0 aromatic rings. The molecule has 1 heteroatoms. The summed E-state index contributed by atoms with van der Waals surface area (Å²) in [6.07, 6.45) is 2.96. The molecule has 0 heterocycles. The predicted octanol–water partition coefficient (Wildman–Crippen LogP) is 1.77. The molecule has 0 radical (unpaired) electrons. The van der Waals surface area contributed by atoms with Gasteiger partial charge in [0.05, 0.1) is 0 Å². The molecule has 1 nitrogen and oxygen atoms in total. The van der Waals surface area contributed by atoms with E-state index in [0.29, 0.717) is 5.78 Å². The van der Waals surface area contributed by atoms with Crippen molar-refractivity contribution in [3.05, 3.63) is 0 Å². The number of carbonyl (C=O) groups excluding carboxylic acids is 1. The second-order valence-corrected chi connectivity index (χ2v) is 2.84. The Morgan fingerprint density at radius 3 is 2.38 bits per heavy atom. The number of rotatable bonds is 1. The first-order valence-corrected chi connectivity index (χ1v) is 3.22. The summed E-state index contributed by atoms with van der Waals surface area (Å²) in [4.78, 5) is 10.8. The van der Waals surface area contributed by atoms with Crippen LogP contribution >= 0.6 is 0 Å². The van der Waals surface area contributed by atoms with Gasteiger partial charge in [-0.05, 0) is 12.8 Å². The molecule has 0 saturated heterocycles. The van der Waals surface area contributed by atoms with E-state index in [1.54, 1.807) is 0 Å². The van der Waals surface area contributed by atoms with Gasteiger partial charge < -0.3 is 0 Å². The summed E-state index contributed by atoms with van der Waals surface area (Å²) in [5, 5.41) is 0. The minimum absolute atomic E-state index is 0.0833. The summed E-state index contributed by atoms with van der Waals surface area (Å²) in [5.41, 5.74) is 0.0833. The third-order valence-corrected chi connectivity index (χ3v) is 2.36. The van der Waals surface area contributed by atoms with Gasteiger partial charge in [-0.1, -0.05) is 13.8 Å². The van der Waals surface area contributed by atoms with Crippen molar-refractivity contribution in [3.63, 3.8) is 0 Å². The average Bonchev–Trinajstić information content (AvgIpc) is 1.83. The van der Waals surface area contributed by atoms with E-state index in [-0.39, 0.29) is 5.41 Å². The molecule has 0 aliphatic heterocycles. The molecule has 0 aromatic heterocycles. The quantitative estimate of drug-likeness (QED) is 0.505. The second-order valence-electron chi connectivity index (χ2n) is 2.84. The van der Waals surface area contributed by atoms with E-state index in [4.69, 9.17) is 0 Å². The Kier molecular flexibility index (Phi) is 1.14. The molecule has 1 aliphatic rings. The van der Waals surface area contributed by atoms with E-state index in [1.165, 1.54) is 0 Å². The van der Waals surface area contributed by atoms with Crippen LogP contribution in [0.1, 0.15) is 33.1 Å². The molecule has 8 heavy (non-hydrogen) atoms. The highest BCUT2D eigenvalue weighted by Gasteiger charge is 2.39. The van der Waals surface area contributed by atoms with Gasteiger partial charge in [-0.2, -0.15) is 0 Å². The normalized spacial score (nSPS) is 37.0. The molecule has 1 atom stereocenters. The van der Waals surface area contributed by atoms with Crippen LogP contribution in [-0.4, -0.2) is 5.78 Å². The Morgan fingerprint density at radius 1 is 1.75 bits per heavy atom. The summed E-state index contributed by atoms with van der Waals surface area (Å²) in [5.74, 6) is 0.458. The Balaban J connectivity index is 2.55. The summed E-state index contributed by atoms with van der Waals surface area (Å²) in [6, 6.07) is 0. The van der Waals surface area contributed by atoms with E-state index in [1.807, 2.05) is 0 Å². The Morgan fingerprint density at radius 2 is 2.38 bits per heavy atom. The average molecular weight is 112 g/mol. The molecule has 1 aliphatic carbocycles. The third-order valence-electron chi connectivity index (χ3n) is 2.36. The topological polar surface area (TPSA) is 17.1 Å². The maximum atomic E-state index is 10.8. The van der Waals surface area contributed by atoms with Crippen LogP contribution in [0.3, 0.4) is 0 Å². The van der Waals surface area contributed by atoms with E-state index < -0.39 is 0 Å². The van der Waals surface area contributed by atoms with Gasteiger partial charge in [-0.25, -0.2) is 0 Å². The van der Waals surface area contributed by atoms with Crippen molar-refractivity contribution in [2.45, 2.75) is 33.1 Å². The Hall–Kier alpha value is -0.330. The predicted molar refractivity (Wildman–Crippen MR) is 32.6 cm³/mol. The fourth-order valence-electron chi connectivity index (χ4n) is 1.03. The number of ketones is 1. The molecule has 0 amide bonds. The smallest absolute Gasteiger partial charge is 0.138 e. The van der Waals surface area contributed by atoms with Crippen molar-refractivity contribution in [1.82, 2.24) is 0 Å². The molecule has 0 unspecified atom stereocenters. The first-order chi connectivity index (χ1) is 3.69. The molecule has 0 bridgehead atoms. The zero-order chi connectivity index (χ0) is 6.20. The van der Waals surface area contributed by atoms with Crippen molar-refractivity contribution in [2.24, 2.45) is 5.41 Å². The highest BCUT2D eigenvalue weighted by molar-refractivity contribution is 5.89. The molecule has 0 aromatic carbocycles. The van der Waals surface area contributed by atoms with Gasteiger partial charge in [-0.15, -0.1) is 0 Å². The number of hydrogen-bond donors (Lipinski definition) is 0. The van der Waals surface area contributed by atoms with Crippen LogP contribution in [0.15, 0.2) is 0 Å². The monoisotopic (exact) mass is 112 g/mol. The molecule has 1 saturated carbocycles. The second kappa shape index (κ2) is 1.57. The van der Waals surface area contributed by atoms with Gasteiger partial charge in [0.2, 0.25) is 0 Å². The summed E-state index contributed by atoms with van der Waals surface area (Å²) < 4.78 is 0.